The van der Waals surface area contributed by atoms with Crippen LogP contribution in [0.2, 0.25) is 0 Å². The summed E-state index contributed by atoms with van der Waals surface area (Å²) >= 11 is 0. The van der Waals surface area contributed by atoms with Gasteiger partial charge in [-0.2, -0.15) is 0 Å². The molecule has 0 saturated carbocycles. The Morgan fingerprint density at radius 3 is 2.20 bits per heavy atom. The molecule has 0 aliphatic carbocycles. The summed E-state index contributed by atoms with van der Waals surface area (Å²) in [5.74, 6) is 0. The first-order valence-corrected chi connectivity index (χ1v) is 9.08. The molecule has 0 amide bonds. The minimum atomic E-state index is -3.98. The second kappa shape index (κ2) is 5.30. The Morgan fingerprint density at radius 1 is 1.27 bits per heavy atom. The molecule has 0 rings (SSSR count). The van der Waals surface area contributed by atoms with Crippen molar-refractivity contribution in [3.63, 3.8) is 0 Å². The van der Waals surface area contributed by atoms with Gasteiger partial charge in [-0.05, 0) is 0 Å². The number of hydrogen-bond donors (Lipinski definition) is 3. The third kappa shape index (κ3) is 7.50. The third-order valence-electron chi connectivity index (χ3n) is 1.54. The topological polar surface area (TPSA) is 88.4 Å². The Kier molecular flexibility index (Phi) is 5.52. The van der Waals surface area contributed by atoms with Crippen molar-refractivity contribution >= 4 is 15.5 Å². The number of hydrogen-bond acceptors (Lipinski definition) is 6. The quantitative estimate of drug-likeness (QED) is 0.478. The van der Waals surface area contributed by atoms with Crippen molar-refractivity contribution in [1.82, 2.24) is 0 Å². The van der Waals surface area contributed by atoms with Gasteiger partial charge in [0, 0.05) is 0 Å². The average Bonchev–Trinajstić information content (AvgIpc) is 2.01. The molecule has 0 bridgehead atoms. The molecule has 94 valence electrons. The number of rotatable bonds is 7. The van der Waals surface area contributed by atoms with Crippen LogP contribution in [-0.2, 0) is 13.4 Å². The molecule has 0 aromatic rings. The fourth-order valence-corrected chi connectivity index (χ4v) is 4.37. The second-order valence-corrected chi connectivity index (χ2v) is 9.65. The molecule has 0 spiro atoms. The molecule has 0 aliphatic rings. The van der Waals surface area contributed by atoms with Gasteiger partial charge in [0.25, 0.3) is 0 Å². The Balaban J connectivity index is 4.34. The SMILES string of the molecule is CCCCOP(C)(C)(O)O[P+](O)(O)OC. The van der Waals surface area contributed by atoms with Crippen LogP contribution >= 0.6 is 15.5 Å². The van der Waals surface area contributed by atoms with E-state index in [-0.39, 0.29) is 0 Å². The second-order valence-electron chi connectivity index (χ2n) is 3.76. The molecule has 6 nitrogen and oxygen atoms in total. The van der Waals surface area contributed by atoms with Crippen LogP contribution < -0.4 is 0 Å². The minimum absolute atomic E-state index is 0.307. The zero-order valence-electron chi connectivity index (χ0n) is 9.58. The van der Waals surface area contributed by atoms with Crippen molar-refractivity contribution in [2.45, 2.75) is 19.8 Å². The van der Waals surface area contributed by atoms with Crippen LogP contribution in [0.25, 0.3) is 0 Å². The van der Waals surface area contributed by atoms with Gasteiger partial charge in [-0.25, -0.2) is 0 Å². The number of unbranched alkanes of at least 4 members (excludes halogenated alkanes) is 1. The van der Waals surface area contributed by atoms with Gasteiger partial charge in [-0.1, -0.05) is 0 Å². The molecule has 0 atom stereocenters. The fraction of sp³-hybridized carbons (Fsp3) is 1.00. The summed E-state index contributed by atoms with van der Waals surface area (Å²) in [6, 6.07) is 0. The Morgan fingerprint density at radius 2 is 1.80 bits per heavy atom. The first-order valence-electron chi connectivity index (χ1n) is 4.63. The summed E-state index contributed by atoms with van der Waals surface area (Å²) in [5, 5.41) is 0. The predicted molar refractivity (Wildman–Crippen MR) is 61.3 cm³/mol. The van der Waals surface area contributed by atoms with E-state index in [1.165, 1.54) is 13.3 Å². The summed E-state index contributed by atoms with van der Waals surface area (Å²) in [6.07, 6.45) is 1.67. The van der Waals surface area contributed by atoms with E-state index in [1.54, 1.807) is 0 Å². The maximum atomic E-state index is 9.99. The molecule has 0 saturated heterocycles. The van der Waals surface area contributed by atoms with Crippen LogP contribution in [0.4, 0.5) is 0 Å². The van der Waals surface area contributed by atoms with E-state index in [2.05, 4.69) is 4.52 Å². The van der Waals surface area contributed by atoms with Gasteiger partial charge >= 0.3 is 90.3 Å². The Hall–Kier alpha value is 0.620. The standard InChI is InChI=1S/C7H21O6P2/c1-5-6-7-12-15(3,4,10)13-14(8,9)11-2/h8-10H,5-7H2,1-4H3/q+1. The van der Waals surface area contributed by atoms with E-state index < -0.39 is 15.5 Å². The molecule has 0 heterocycles. The Labute approximate surface area is 91.0 Å². The van der Waals surface area contributed by atoms with Crippen LogP contribution in [0.1, 0.15) is 19.8 Å². The van der Waals surface area contributed by atoms with Crippen molar-refractivity contribution in [2.75, 3.05) is 27.0 Å². The van der Waals surface area contributed by atoms with Crippen LogP contribution in [0.3, 0.4) is 0 Å². The molecule has 0 radical (unpaired) electrons. The van der Waals surface area contributed by atoms with Gasteiger partial charge in [0.05, 0.1) is 0 Å². The van der Waals surface area contributed by atoms with E-state index in [1.807, 2.05) is 6.92 Å². The normalized spacial score (nSPS) is 16.1. The monoisotopic (exact) mass is 263 g/mol. The fourth-order valence-electron chi connectivity index (χ4n) is 0.830. The summed E-state index contributed by atoms with van der Waals surface area (Å²) in [4.78, 5) is 28.4. The molecular formula is C7H21O6P2+. The summed E-state index contributed by atoms with van der Waals surface area (Å²) in [6.45, 7) is 4.93. The van der Waals surface area contributed by atoms with E-state index in [0.717, 1.165) is 20.0 Å². The zero-order valence-corrected chi connectivity index (χ0v) is 11.4. The van der Waals surface area contributed by atoms with Crippen molar-refractivity contribution in [1.29, 1.82) is 0 Å². The van der Waals surface area contributed by atoms with E-state index in [4.69, 9.17) is 8.83 Å². The maximum absolute atomic E-state index is 9.99. The van der Waals surface area contributed by atoms with Gasteiger partial charge in [0.1, 0.15) is 0 Å². The average molecular weight is 263 g/mol. The van der Waals surface area contributed by atoms with Crippen LogP contribution in [-0.4, -0.2) is 41.7 Å². The zero-order chi connectivity index (χ0) is 12.2. The summed E-state index contributed by atoms with van der Waals surface area (Å²) < 4.78 is 14.3. The van der Waals surface area contributed by atoms with Crippen molar-refractivity contribution in [3.8, 4) is 0 Å². The first kappa shape index (κ1) is 15.6. The summed E-state index contributed by atoms with van der Waals surface area (Å²) in [5.41, 5.74) is 0. The molecular weight excluding hydrogens is 242 g/mol. The van der Waals surface area contributed by atoms with Gasteiger partial charge in [-0.3, -0.25) is 0 Å². The molecule has 0 unspecified atom stereocenters. The molecule has 0 aromatic heterocycles. The molecule has 0 aliphatic heterocycles. The van der Waals surface area contributed by atoms with Crippen molar-refractivity contribution in [3.05, 3.63) is 0 Å². The first-order chi connectivity index (χ1) is 6.60. The molecule has 0 aromatic carbocycles. The molecule has 0 fully saturated rings. The van der Waals surface area contributed by atoms with Gasteiger partial charge in [0.2, 0.25) is 0 Å². The van der Waals surface area contributed by atoms with Crippen LogP contribution in [0.15, 0.2) is 0 Å². The van der Waals surface area contributed by atoms with Gasteiger partial charge < -0.3 is 0 Å². The van der Waals surface area contributed by atoms with E-state index >= 15 is 0 Å². The molecule has 8 heteroatoms. The van der Waals surface area contributed by atoms with Crippen LogP contribution in [0.5, 0.6) is 0 Å². The van der Waals surface area contributed by atoms with Crippen molar-refractivity contribution in [2.24, 2.45) is 0 Å². The van der Waals surface area contributed by atoms with E-state index in [9.17, 15) is 14.7 Å². The van der Waals surface area contributed by atoms with Crippen molar-refractivity contribution < 1.29 is 28.0 Å². The van der Waals surface area contributed by atoms with Crippen LogP contribution in [0, 0.1) is 0 Å². The third-order valence-corrected chi connectivity index (χ3v) is 5.65. The molecule has 15 heavy (non-hydrogen) atoms. The molecule has 3 N–H and O–H groups in total. The van der Waals surface area contributed by atoms with E-state index in [0.29, 0.717) is 6.61 Å². The Bertz CT molecular complexity index is 199. The summed E-state index contributed by atoms with van der Waals surface area (Å²) in [7, 11) is -6.83. The van der Waals surface area contributed by atoms with Gasteiger partial charge in [0.15, 0.2) is 0 Å². The predicted octanol–water partition coefficient (Wildman–Crippen LogP) is 1.68. The van der Waals surface area contributed by atoms with Gasteiger partial charge in [-0.15, -0.1) is 0 Å².